The predicted molar refractivity (Wildman–Crippen MR) is 57.3 cm³/mol. The van der Waals surface area contributed by atoms with Crippen LogP contribution in [0.2, 0.25) is 0 Å². The van der Waals surface area contributed by atoms with Gasteiger partial charge in [0, 0.05) is 0 Å². The molecule has 0 spiro atoms. The Hall–Kier alpha value is -2.24. The fraction of sp³-hybridized carbons (Fsp3) is 0.200. The van der Waals surface area contributed by atoms with Gasteiger partial charge in [-0.3, -0.25) is 0 Å². The summed E-state index contributed by atoms with van der Waals surface area (Å²) in [5, 5.41) is 3.52. The second-order valence-electron chi connectivity index (χ2n) is 3.02. The van der Waals surface area contributed by atoms with Crippen molar-refractivity contribution in [3.63, 3.8) is 0 Å². The van der Waals surface area contributed by atoms with Crippen molar-refractivity contribution in [1.29, 1.82) is 0 Å². The van der Waals surface area contributed by atoms with Gasteiger partial charge in [0.1, 0.15) is 11.5 Å². The van der Waals surface area contributed by atoms with Gasteiger partial charge in [0.15, 0.2) is 0 Å². The minimum atomic E-state index is 0.0832. The minimum Gasteiger partial charge on any atom is -0.497 e. The van der Waals surface area contributed by atoms with Crippen LogP contribution in [0, 0.1) is 0 Å². The van der Waals surface area contributed by atoms with E-state index in [4.69, 9.17) is 19.7 Å². The van der Waals surface area contributed by atoms with E-state index in [9.17, 15) is 0 Å². The summed E-state index contributed by atoms with van der Waals surface area (Å²) in [6, 6.07) is 5.28. The van der Waals surface area contributed by atoms with Crippen LogP contribution in [0.3, 0.4) is 0 Å². The number of aromatic nitrogens is 2. The second-order valence-corrected chi connectivity index (χ2v) is 3.02. The molecule has 2 aromatic rings. The molecule has 16 heavy (non-hydrogen) atoms. The molecule has 0 radical (unpaired) electrons. The number of hydrogen-bond acceptors (Lipinski definition) is 6. The summed E-state index contributed by atoms with van der Waals surface area (Å²) in [6.45, 7) is 0. The largest absolute Gasteiger partial charge is 0.497 e. The Morgan fingerprint density at radius 3 is 2.62 bits per heavy atom. The van der Waals surface area contributed by atoms with Crippen LogP contribution in [-0.4, -0.2) is 24.4 Å². The third-order valence-electron chi connectivity index (χ3n) is 2.08. The van der Waals surface area contributed by atoms with Crippen molar-refractivity contribution in [3.8, 4) is 23.0 Å². The molecule has 0 saturated heterocycles. The van der Waals surface area contributed by atoms with E-state index in [1.807, 2.05) is 0 Å². The Labute approximate surface area is 92.0 Å². The summed E-state index contributed by atoms with van der Waals surface area (Å²) in [5.41, 5.74) is 6.03. The lowest BCUT2D eigenvalue weighted by Gasteiger charge is -2.06. The van der Waals surface area contributed by atoms with E-state index in [1.54, 1.807) is 32.4 Å². The van der Waals surface area contributed by atoms with Gasteiger partial charge in [-0.15, -0.1) is 0 Å². The number of nitrogens with two attached hydrogens (primary N) is 1. The molecular formula is C10H11N3O3. The number of nitrogen functional groups attached to an aromatic ring is 1. The van der Waals surface area contributed by atoms with E-state index in [0.717, 1.165) is 0 Å². The molecule has 0 unspecified atom stereocenters. The third kappa shape index (κ3) is 1.77. The molecule has 0 bridgehead atoms. The number of rotatable bonds is 3. The van der Waals surface area contributed by atoms with Crippen molar-refractivity contribution in [1.82, 2.24) is 10.1 Å². The standard InChI is InChI=1S/C10H11N3O3/c1-14-6-3-4-8(15-2)7(5-6)9-12-10(11)13-16-9/h3-5H,1-2H3,(H2,11,13). The minimum absolute atomic E-state index is 0.0832. The zero-order valence-electron chi connectivity index (χ0n) is 8.93. The number of ether oxygens (including phenoxy) is 2. The van der Waals surface area contributed by atoms with Gasteiger partial charge < -0.3 is 19.7 Å². The van der Waals surface area contributed by atoms with Crippen molar-refractivity contribution in [2.45, 2.75) is 0 Å². The Kier molecular flexibility index (Phi) is 2.63. The van der Waals surface area contributed by atoms with Gasteiger partial charge in [-0.2, -0.15) is 4.98 Å². The number of nitrogens with zero attached hydrogens (tertiary/aromatic N) is 2. The van der Waals surface area contributed by atoms with Crippen LogP contribution in [0.4, 0.5) is 5.95 Å². The first-order chi connectivity index (χ1) is 7.74. The highest BCUT2D eigenvalue weighted by atomic mass is 16.5. The molecular weight excluding hydrogens is 210 g/mol. The first-order valence-corrected chi connectivity index (χ1v) is 4.56. The topological polar surface area (TPSA) is 83.4 Å². The average molecular weight is 221 g/mol. The molecule has 2 N–H and O–H groups in total. The summed E-state index contributed by atoms with van der Waals surface area (Å²) in [5.74, 6) is 1.67. The Morgan fingerprint density at radius 1 is 1.25 bits per heavy atom. The second kappa shape index (κ2) is 4.09. The lowest BCUT2D eigenvalue weighted by molar-refractivity contribution is 0.397. The maximum atomic E-state index is 5.39. The zero-order valence-corrected chi connectivity index (χ0v) is 8.93. The van der Waals surface area contributed by atoms with E-state index >= 15 is 0 Å². The van der Waals surface area contributed by atoms with Gasteiger partial charge in [0.05, 0.1) is 19.8 Å². The summed E-state index contributed by atoms with van der Waals surface area (Å²) in [7, 11) is 3.14. The molecule has 1 aromatic heterocycles. The summed E-state index contributed by atoms with van der Waals surface area (Å²) in [6.07, 6.45) is 0. The number of hydrogen-bond donors (Lipinski definition) is 1. The van der Waals surface area contributed by atoms with E-state index in [0.29, 0.717) is 23.0 Å². The van der Waals surface area contributed by atoms with E-state index < -0.39 is 0 Å². The van der Waals surface area contributed by atoms with Crippen LogP contribution in [0.1, 0.15) is 0 Å². The molecule has 0 aliphatic heterocycles. The lowest BCUT2D eigenvalue weighted by Crippen LogP contribution is -1.91. The molecule has 6 heteroatoms. The van der Waals surface area contributed by atoms with Gasteiger partial charge >= 0.3 is 0 Å². The van der Waals surface area contributed by atoms with E-state index in [1.165, 1.54) is 0 Å². The molecule has 0 amide bonds. The maximum Gasteiger partial charge on any atom is 0.263 e. The van der Waals surface area contributed by atoms with Crippen molar-refractivity contribution >= 4 is 5.95 Å². The molecule has 0 saturated carbocycles. The number of benzene rings is 1. The average Bonchev–Trinajstić information content (AvgIpc) is 2.75. The summed E-state index contributed by atoms with van der Waals surface area (Å²) < 4.78 is 15.3. The monoisotopic (exact) mass is 221 g/mol. The maximum absolute atomic E-state index is 5.39. The number of anilines is 1. The highest BCUT2D eigenvalue weighted by Gasteiger charge is 2.13. The third-order valence-corrected chi connectivity index (χ3v) is 2.08. The molecule has 1 aromatic carbocycles. The van der Waals surface area contributed by atoms with Gasteiger partial charge in [-0.1, -0.05) is 0 Å². The van der Waals surface area contributed by atoms with Crippen LogP contribution >= 0.6 is 0 Å². The fourth-order valence-electron chi connectivity index (χ4n) is 1.33. The Bertz CT molecular complexity index is 496. The molecule has 84 valence electrons. The first kappa shape index (κ1) is 10.3. The van der Waals surface area contributed by atoms with Crippen LogP contribution in [0.5, 0.6) is 11.5 Å². The van der Waals surface area contributed by atoms with Crippen LogP contribution in [0.15, 0.2) is 22.7 Å². The van der Waals surface area contributed by atoms with Gasteiger partial charge in [0.2, 0.25) is 0 Å². The van der Waals surface area contributed by atoms with Crippen LogP contribution in [0.25, 0.3) is 11.5 Å². The van der Waals surface area contributed by atoms with Crippen LogP contribution < -0.4 is 15.2 Å². The summed E-state index contributed by atoms with van der Waals surface area (Å²) in [4.78, 5) is 3.93. The molecule has 0 aliphatic carbocycles. The molecule has 0 aliphatic rings. The Morgan fingerprint density at radius 2 is 2.06 bits per heavy atom. The zero-order chi connectivity index (χ0) is 11.5. The highest BCUT2D eigenvalue weighted by Crippen LogP contribution is 2.32. The molecule has 1 heterocycles. The fourth-order valence-corrected chi connectivity index (χ4v) is 1.33. The molecule has 2 rings (SSSR count). The van der Waals surface area contributed by atoms with Crippen molar-refractivity contribution < 1.29 is 14.0 Å². The van der Waals surface area contributed by atoms with Gasteiger partial charge in [-0.05, 0) is 23.4 Å². The number of methoxy groups -OCH3 is 2. The molecule has 0 atom stereocenters. The van der Waals surface area contributed by atoms with E-state index in [2.05, 4.69) is 10.1 Å². The Balaban J connectivity index is 2.52. The van der Waals surface area contributed by atoms with E-state index in [-0.39, 0.29) is 5.95 Å². The van der Waals surface area contributed by atoms with Gasteiger partial charge in [-0.25, -0.2) is 0 Å². The normalized spacial score (nSPS) is 10.1. The predicted octanol–water partition coefficient (Wildman–Crippen LogP) is 1.34. The SMILES string of the molecule is COc1ccc(OC)c(-c2nc(N)no2)c1. The smallest absolute Gasteiger partial charge is 0.263 e. The highest BCUT2D eigenvalue weighted by molar-refractivity contribution is 5.65. The van der Waals surface area contributed by atoms with Crippen molar-refractivity contribution in [3.05, 3.63) is 18.2 Å². The van der Waals surface area contributed by atoms with Crippen molar-refractivity contribution in [2.75, 3.05) is 20.0 Å². The lowest BCUT2D eigenvalue weighted by atomic mass is 10.2. The van der Waals surface area contributed by atoms with Crippen LogP contribution in [-0.2, 0) is 0 Å². The quantitative estimate of drug-likeness (QED) is 0.841. The summed E-state index contributed by atoms with van der Waals surface area (Å²) >= 11 is 0. The first-order valence-electron chi connectivity index (χ1n) is 4.56. The molecule has 6 nitrogen and oxygen atoms in total. The molecule has 0 fully saturated rings. The van der Waals surface area contributed by atoms with Gasteiger partial charge in [0.25, 0.3) is 11.8 Å². The van der Waals surface area contributed by atoms with Crippen molar-refractivity contribution in [2.24, 2.45) is 0 Å².